The van der Waals surface area contributed by atoms with Gasteiger partial charge in [0.25, 0.3) is 0 Å². The van der Waals surface area contributed by atoms with E-state index in [-0.39, 0.29) is 20.7 Å². The zero-order valence-electron chi connectivity index (χ0n) is 17.0. The van der Waals surface area contributed by atoms with Crippen molar-refractivity contribution < 1.29 is 20.7 Å². The molecule has 3 rings (SSSR count). The quantitative estimate of drug-likeness (QED) is 0.122. The van der Waals surface area contributed by atoms with Gasteiger partial charge in [0.15, 0.2) is 0 Å². The molecular formula is C27H30IP. The molecule has 3 aromatic rings. The topological polar surface area (TPSA) is 0 Å². The molecule has 0 N–H and O–H groups in total. The third kappa shape index (κ3) is 5.94. The number of rotatable bonds is 11. The second kappa shape index (κ2) is 12.2. The van der Waals surface area contributed by atoms with Gasteiger partial charge in [-0.3, -0.25) is 0 Å². The molecule has 0 nitrogen and oxygen atoms in total. The van der Waals surface area contributed by atoms with E-state index in [1.165, 1.54) is 36.5 Å². The first-order valence-corrected chi connectivity index (χ1v) is 16.6. The van der Waals surface area contributed by atoms with E-state index in [2.05, 4.69) is 96.9 Å². The summed E-state index contributed by atoms with van der Waals surface area (Å²) in [6.07, 6.45) is 12.7. The first-order chi connectivity index (χ1) is 14.4. The van der Waals surface area contributed by atoms with E-state index in [1.54, 1.807) is 15.9 Å². The molecule has 0 aromatic heterocycles. The third-order valence-corrected chi connectivity index (χ3v) is 18.9. The maximum absolute atomic E-state index is 5.36. The molecule has 0 amide bonds. The monoisotopic (exact) mass is 512 g/mol. The predicted molar refractivity (Wildman–Crippen MR) is 127 cm³/mol. The maximum atomic E-state index is 5.36. The molecule has 0 spiro atoms. The predicted octanol–water partition coefficient (Wildman–Crippen LogP) is 2.96. The molecule has 2 heteroatoms. The van der Waals surface area contributed by atoms with Gasteiger partial charge in [-0.25, -0.2) is 0 Å². The Morgan fingerprint density at radius 3 is 1.45 bits per heavy atom. The number of benzene rings is 3. The Labute approximate surface area is 187 Å². The van der Waals surface area contributed by atoms with E-state index < -0.39 is 4.90 Å². The van der Waals surface area contributed by atoms with Gasteiger partial charge in [0, 0.05) is 0 Å². The Hall–Kier alpha value is -1.62. The molecule has 0 saturated carbocycles. The number of terminal acetylenes is 1. The van der Waals surface area contributed by atoms with Gasteiger partial charge in [0.1, 0.15) is 0 Å². The van der Waals surface area contributed by atoms with E-state index in [1.807, 2.05) is 0 Å². The standard InChI is InChI=1S/C27H30IP/c1-2-3-4-5-6-7-17-24-28-29(25-18-11-8-12-19-25,26-20-13-9-14-21-26)27-22-15-10-16-23-27/h1,8-16,18-23H,3-7,17,24H2. The van der Waals surface area contributed by atoms with Crippen molar-refractivity contribution in [3.05, 3.63) is 91.0 Å². The minimum absolute atomic E-state index is 0.0143. The van der Waals surface area contributed by atoms with Gasteiger partial charge in [0.05, 0.1) is 0 Å². The fraction of sp³-hybridized carbons (Fsp3) is 0.259. The SMILES string of the molecule is C#CCCCCCCC[I-][P+](c1ccccc1)(c1ccccc1)c1ccccc1. The summed E-state index contributed by atoms with van der Waals surface area (Å²) >= 11 is -0.0143. The van der Waals surface area contributed by atoms with Gasteiger partial charge < -0.3 is 0 Å². The molecule has 0 aliphatic carbocycles. The van der Waals surface area contributed by atoms with Crippen LogP contribution in [-0.4, -0.2) is 4.43 Å². The Kier molecular flexibility index (Phi) is 9.26. The Morgan fingerprint density at radius 1 is 0.586 bits per heavy atom. The van der Waals surface area contributed by atoms with Crippen molar-refractivity contribution in [1.82, 2.24) is 0 Å². The molecule has 0 aliphatic rings. The van der Waals surface area contributed by atoms with Crippen LogP contribution in [-0.2, 0) is 0 Å². The fourth-order valence-corrected chi connectivity index (χ4v) is 17.2. The van der Waals surface area contributed by atoms with E-state index >= 15 is 0 Å². The van der Waals surface area contributed by atoms with Crippen molar-refractivity contribution in [2.75, 3.05) is 4.43 Å². The summed E-state index contributed by atoms with van der Waals surface area (Å²) in [7, 11) is 0. The van der Waals surface area contributed by atoms with Crippen LogP contribution in [0.25, 0.3) is 0 Å². The van der Waals surface area contributed by atoms with Crippen LogP contribution >= 0.6 is 4.90 Å². The molecule has 0 heterocycles. The second-order valence-corrected chi connectivity index (χ2v) is 17.6. The average Bonchev–Trinajstić information content (AvgIpc) is 2.80. The first kappa shape index (κ1) is 22.1. The summed E-state index contributed by atoms with van der Waals surface area (Å²) < 4.78 is 1.38. The van der Waals surface area contributed by atoms with Crippen molar-refractivity contribution in [2.24, 2.45) is 0 Å². The van der Waals surface area contributed by atoms with Crippen LogP contribution in [0.1, 0.15) is 38.5 Å². The summed E-state index contributed by atoms with van der Waals surface area (Å²) in [5.41, 5.74) is 0. The average molecular weight is 512 g/mol. The summed E-state index contributed by atoms with van der Waals surface area (Å²) in [5, 5.41) is 4.62. The van der Waals surface area contributed by atoms with Gasteiger partial charge >= 0.3 is 188 Å². The van der Waals surface area contributed by atoms with E-state index in [0.29, 0.717) is 0 Å². The molecule has 0 aliphatic heterocycles. The molecule has 150 valence electrons. The van der Waals surface area contributed by atoms with Crippen molar-refractivity contribution >= 4 is 20.8 Å². The Balaban J connectivity index is 1.84. The van der Waals surface area contributed by atoms with Crippen LogP contribution in [0.15, 0.2) is 91.0 Å². The second-order valence-electron chi connectivity index (χ2n) is 7.13. The summed E-state index contributed by atoms with van der Waals surface area (Å²) in [5.74, 6) is 2.75. The van der Waals surface area contributed by atoms with Gasteiger partial charge in [0.2, 0.25) is 0 Å². The number of alkyl halides is 1. The normalized spacial score (nSPS) is 11.3. The van der Waals surface area contributed by atoms with Crippen LogP contribution in [0, 0.1) is 12.3 Å². The van der Waals surface area contributed by atoms with Gasteiger partial charge in [-0.2, -0.15) is 0 Å². The van der Waals surface area contributed by atoms with Crippen LogP contribution < -0.4 is 36.6 Å². The fourth-order valence-electron chi connectivity index (χ4n) is 3.59. The van der Waals surface area contributed by atoms with Crippen molar-refractivity contribution in [1.29, 1.82) is 0 Å². The van der Waals surface area contributed by atoms with E-state index in [0.717, 1.165) is 6.42 Å². The summed E-state index contributed by atoms with van der Waals surface area (Å²) in [4.78, 5) is -1.54. The minimum atomic E-state index is -1.54. The third-order valence-electron chi connectivity index (χ3n) is 5.05. The molecule has 0 saturated heterocycles. The zero-order chi connectivity index (χ0) is 20.2. The van der Waals surface area contributed by atoms with Crippen LogP contribution in [0.5, 0.6) is 0 Å². The Morgan fingerprint density at radius 2 is 1.00 bits per heavy atom. The van der Waals surface area contributed by atoms with Crippen LogP contribution in [0.4, 0.5) is 0 Å². The molecule has 29 heavy (non-hydrogen) atoms. The van der Waals surface area contributed by atoms with E-state index in [4.69, 9.17) is 6.42 Å². The Bertz CT molecular complexity index is 772. The summed E-state index contributed by atoms with van der Waals surface area (Å²) in [6, 6.07) is 33.9. The number of unbranched alkanes of at least 4 members (excludes halogenated alkanes) is 5. The van der Waals surface area contributed by atoms with Crippen molar-refractivity contribution in [2.45, 2.75) is 38.5 Å². The molecule has 0 bridgehead atoms. The number of hydrogen-bond donors (Lipinski definition) is 0. The first-order valence-electron chi connectivity index (χ1n) is 10.5. The van der Waals surface area contributed by atoms with Gasteiger partial charge in [-0.15, -0.1) is 0 Å². The zero-order valence-corrected chi connectivity index (χ0v) is 20.1. The van der Waals surface area contributed by atoms with Gasteiger partial charge in [-0.1, -0.05) is 0 Å². The van der Waals surface area contributed by atoms with Gasteiger partial charge in [-0.05, 0) is 0 Å². The molecule has 0 radical (unpaired) electrons. The number of hydrogen-bond acceptors (Lipinski definition) is 0. The van der Waals surface area contributed by atoms with Crippen molar-refractivity contribution in [3.63, 3.8) is 0 Å². The van der Waals surface area contributed by atoms with Crippen LogP contribution in [0.2, 0.25) is 0 Å². The molecule has 0 unspecified atom stereocenters. The molecule has 3 aromatic carbocycles. The molecule has 0 atom stereocenters. The van der Waals surface area contributed by atoms with Crippen LogP contribution in [0.3, 0.4) is 0 Å². The van der Waals surface area contributed by atoms with E-state index in [9.17, 15) is 0 Å². The number of halogens is 1. The molecule has 0 fully saturated rings. The summed E-state index contributed by atoms with van der Waals surface area (Å²) in [6.45, 7) is 0. The molecular weight excluding hydrogens is 482 g/mol. The van der Waals surface area contributed by atoms with Crippen molar-refractivity contribution in [3.8, 4) is 12.3 Å².